The van der Waals surface area contributed by atoms with E-state index >= 15 is 0 Å². The quantitative estimate of drug-likeness (QED) is 0.616. The van der Waals surface area contributed by atoms with Gasteiger partial charge in [-0.05, 0) is 43.4 Å². The molecular formula is C25H24BrNO3. The molecule has 0 radical (unpaired) electrons. The third-order valence-corrected chi connectivity index (χ3v) is 6.53. The van der Waals surface area contributed by atoms with Gasteiger partial charge in [-0.1, -0.05) is 64.5 Å². The molecule has 0 spiro atoms. The van der Waals surface area contributed by atoms with E-state index in [2.05, 4.69) is 33.4 Å². The zero-order valence-electron chi connectivity index (χ0n) is 17.1. The van der Waals surface area contributed by atoms with Crippen LogP contribution in [0.3, 0.4) is 0 Å². The van der Waals surface area contributed by atoms with Crippen molar-refractivity contribution in [2.45, 2.75) is 38.5 Å². The number of hydrogen-bond donors (Lipinski definition) is 1. The monoisotopic (exact) mass is 465 g/mol. The molecule has 2 aromatic rings. The van der Waals surface area contributed by atoms with Gasteiger partial charge in [0.1, 0.15) is 0 Å². The van der Waals surface area contributed by atoms with Crippen molar-refractivity contribution in [3.63, 3.8) is 0 Å². The molecular weight excluding hydrogens is 442 g/mol. The maximum absolute atomic E-state index is 13.5. The highest BCUT2D eigenvalue weighted by Crippen LogP contribution is 2.47. The number of carbonyl (C=O) groups is 2. The summed E-state index contributed by atoms with van der Waals surface area (Å²) in [5, 5.41) is 3.38. The van der Waals surface area contributed by atoms with Crippen molar-refractivity contribution in [1.29, 1.82) is 0 Å². The second-order valence-corrected chi connectivity index (χ2v) is 8.52. The van der Waals surface area contributed by atoms with Gasteiger partial charge in [-0.2, -0.15) is 0 Å². The van der Waals surface area contributed by atoms with Gasteiger partial charge in [-0.25, -0.2) is 4.79 Å². The lowest BCUT2D eigenvalue weighted by atomic mass is 9.72. The number of rotatable bonds is 4. The molecule has 4 rings (SSSR count). The van der Waals surface area contributed by atoms with Crippen molar-refractivity contribution in [2.75, 3.05) is 6.61 Å². The first-order valence-electron chi connectivity index (χ1n) is 10.2. The average Bonchev–Trinajstić information content (AvgIpc) is 2.74. The number of dihydropyridines is 1. The summed E-state index contributed by atoms with van der Waals surface area (Å²) in [5.74, 6) is -0.623. The van der Waals surface area contributed by atoms with E-state index in [0.29, 0.717) is 17.6 Å². The smallest absolute Gasteiger partial charge is 0.336 e. The Bertz CT molecular complexity index is 1060. The highest BCUT2D eigenvalue weighted by molar-refractivity contribution is 9.10. The molecule has 1 aliphatic heterocycles. The molecule has 2 aromatic carbocycles. The summed E-state index contributed by atoms with van der Waals surface area (Å²) in [5.41, 5.74) is 4.91. The second-order valence-electron chi connectivity index (χ2n) is 7.67. The third kappa shape index (κ3) is 3.74. The largest absolute Gasteiger partial charge is 0.463 e. The Morgan fingerprint density at radius 1 is 1.10 bits per heavy atom. The van der Waals surface area contributed by atoms with Crippen LogP contribution in [0.2, 0.25) is 0 Å². The first-order chi connectivity index (χ1) is 14.5. The van der Waals surface area contributed by atoms with Crippen LogP contribution in [0.1, 0.15) is 49.7 Å². The average molecular weight is 466 g/mol. The van der Waals surface area contributed by atoms with E-state index in [1.54, 1.807) is 6.92 Å². The molecule has 2 aliphatic rings. The van der Waals surface area contributed by atoms with Crippen LogP contribution in [0.15, 0.2) is 81.6 Å². The molecule has 30 heavy (non-hydrogen) atoms. The molecule has 5 heteroatoms. The fourth-order valence-corrected chi connectivity index (χ4v) is 5.01. The van der Waals surface area contributed by atoms with Crippen molar-refractivity contribution in [1.82, 2.24) is 5.32 Å². The molecule has 0 bridgehead atoms. The lowest BCUT2D eigenvalue weighted by Gasteiger charge is -2.37. The summed E-state index contributed by atoms with van der Waals surface area (Å²) in [6, 6.07) is 17.9. The zero-order valence-corrected chi connectivity index (χ0v) is 18.7. The minimum Gasteiger partial charge on any atom is -0.463 e. The van der Waals surface area contributed by atoms with Crippen molar-refractivity contribution < 1.29 is 14.3 Å². The normalized spacial score (nSPS) is 21.2. The maximum atomic E-state index is 13.5. The Morgan fingerprint density at radius 2 is 1.80 bits per heavy atom. The van der Waals surface area contributed by atoms with Gasteiger partial charge in [0.15, 0.2) is 5.78 Å². The Morgan fingerprint density at radius 3 is 2.50 bits per heavy atom. The molecule has 4 nitrogen and oxygen atoms in total. The fourth-order valence-electron chi connectivity index (χ4n) is 4.50. The van der Waals surface area contributed by atoms with Crippen LogP contribution in [0, 0.1) is 0 Å². The number of benzene rings is 2. The first-order valence-corrected chi connectivity index (χ1v) is 11.0. The summed E-state index contributed by atoms with van der Waals surface area (Å²) in [6.07, 6.45) is 1.17. The Hall–Kier alpha value is -2.66. The summed E-state index contributed by atoms with van der Waals surface area (Å²) < 4.78 is 6.23. The Balaban J connectivity index is 1.82. The van der Waals surface area contributed by atoms with Gasteiger partial charge in [0, 0.05) is 33.8 Å². The minimum absolute atomic E-state index is 0.0765. The molecule has 2 atom stereocenters. The maximum Gasteiger partial charge on any atom is 0.336 e. The molecule has 0 fully saturated rings. The lowest BCUT2D eigenvalue weighted by molar-refractivity contribution is -0.138. The molecule has 0 amide bonds. The predicted molar refractivity (Wildman–Crippen MR) is 120 cm³/mol. The van der Waals surface area contributed by atoms with E-state index in [0.717, 1.165) is 33.4 Å². The summed E-state index contributed by atoms with van der Waals surface area (Å²) in [7, 11) is 0. The van der Waals surface area contributed by atoms with Crippen LogP contribution in [0.25, 0.3) is 0 Å². The van der Waals surface area contributed by atoms with E-state index in [-0.39, 0.29) is 24.3 Å². The molecule has 0 saturated carbocycles. The van der Waals surface area contributed by atoms with Gasteiger partial charge < -0.3 is 10.1 Å². The SMILES string of the molecule is CCOC(=O)C1=C(C)NC2=C(C(=O)CC(c3ccccc3)C2)C1c1ccccc1Br. The molecule has 1 heterocycles. The number of ketones is 1. The Kier molecular flexibility index (Phi) is 5.91. The number of esters is 1. The van der Waals surface area contributed by atoms with Gasteiger partial charge in [-0.3, -0.25) is 4.79 Å². The predicted octanol–water partition coefficient (Wildman–Crippen LogP) is 5.37. The molecule has 0 saturated heterocycles. The number of hydrogen-bond acceptors (Lipinski definition) is 4. The Labute approximate surface area is 185 Å². The van der Waals surface area contributed by atoms with Crippen LogP contribution in [0.4, 0.5) is 0 Å². The topological polar surface area (TPSA) is 55.4 Å². The van der Waals surface area contributed by atoms with E-state index in [4.69, 9.17) is 4.74 Å². The van der Waals surface area contributed by atoms with E-state index in [1.165, 1.54) is 0 Å². The number of carbonyl (C=O) groups excluding carboxylic acids is 2. The van der Waals surface area contributed by atoms with Gasteiger partial charge in [-0.15, -0.1) is 0 Å². The minimum atomic E-state index is -0.444. The van der Waals surface area contributed by atoms with Crippen molar-refractivity contribution in [2.24, 2.45) is 0 Å². The van der Waals surface area contributed by atoms with E-state index in [9.17, 15) is 9.59 Å². The highest BCUT2D eigenvalue weighted by atomic mass is 79.9. The standard InChI is InChI=1S/C25H24BrNO3/c1-3-30-25(29)22-15(2)27-20-13-17(16-9-5-4-6-10-16)14-21(28)24(20)23(22)18-11-7-8-12-19(18)26/h4-12,17,23,27H,3,13-14H2,1-2H3. The molecule has 154 valence electrons. The van der Waals surface area contributed by atoms with Crippen LogP contribution in [-0.4, -0.2) is 18.4 Å². The number of allylic oxidation sites excluding steroid dienone is 3. The number of Topliss-reactive ketones (excluding diaryl/α,β-unsaturated/α-hetero) is 1. The summed E-state index contributed by atoms with van der Waals surface area (Å²) >= 11 is 3.62. The second kappa shape index (κ2) is 8.60. The first kappa shape index (κ1) is 20.6. The van der Waals surface area contributed by atoms with Crippen molar-refractivity contribution >= 4 is 27.7 Å². The van der Waals surface area contributed by atoms with Crippen molar-refractivity contribution in [3.8, 4) is 0 Å². The van der Waals surface area contributed by atoms with E-state index in [1.807, 2.05) is 49.4 Å². The van der Waals surface area contributed by atoms with Gasteiger partial charge >= 0.3 is 5.97 Å². The van der Waals surface area contributed by atoms with Gasteiger partial charge in [0.2, 0.25) is 0 Å². The van der Waals surface area contributed by atoms with Crippen LogP contribution >= 0.6 is 15.9 Å². The highest BCUT2D eigenvalue weighted by Gasteiger charge is 2.41. The number of nitrogens with one attached hydrogen (secondary N) is 1. The third-order valence-electron chi connectivity index (χ3n) is 5.81. The van der Waals surface area contributed by atoms with Gasteiger partial charge in [0.05, 0.1) is 12.2 Å². The lowest BCUT2D eigenvalue weighted by Crippen LogP contribution is -2.36. The zero-order chi connectivity index (χ0) is 21.3. The van der Waals surface area contributed by atoms with Crippen molar-refractivity contribution in [3.05, 3.63) is 92.7 Å². The molecule has 2 unspecified atom stereocenters. The van der Waals surface area contributed by atoms with Crippen LogP contribution < -0.4 is 5.32 Å². The van der Waals surface area contributed by atoms with Crippen LogP contribution in [0.5, 0.6) is 0 Å². The fraction of sp³-hybridized carbons (Fsp3) is 0.280. The number of ether oxygens (including phenoxy) is 1. The molecule has 1 N–H and O–H groups in total. The molecule has 0 aromatic heterocycles. The van der Waals surface area contributed by atoms with Crippen LogP contribution in [-0.2, 0) is 14.3 Å². The summed E-state index contributed by atoms with van der Waals surface area (Å²) in [4.78, 5) is 26.4. The van der Waals surface area contributed by atoms with Gasteiger partial charge in [0.25, 0.3) is 0 Å². The summed E-state index contributed by atoms with van der Waals surface area (Å²) in [6.45, 7) is 3.96. The number of halogens is 1. The van der Waals surface area contributed by atoms with E-state index < -0.39 is 5.92 Å². The molecule has 1 aliphatic carbocycles.